The Bertz CT molecular complexity index is 506. The molecule has 0 aromatic carbocycles. The lowest BCUT2D eigenvalue weighted by molar-refractivity contribution is -0.142. The van der Waals surface area contributed by atoms with Gasteiger partial charge in [0.25, 0.3) is 0 Å². The zero-order chi connectivity index (χ0) is 21.9. The number of aliphatic carboxylic acids is 1. The molecule has 1 atom stereocenters. The summed E-state index contributed by atoms with van der Waals surface area (Å²) < 4.78 is 10.4. The number of nitrogens with one attached hydrogen (secondary N) is 3. The molecule has 0 aliphatic rings. The van der Waals surface area contributed by atoms with E-state index in [1.54, 1.807) is 6.92 Å². The van der Waals surface area contributed by atoms with E-state index in [1.807, 2.05) is 6.26 Å². The summed E-state index contributed by atoms with van der Waals surface area (Å²) in [6.07, 6.45) is 3.72. The monoisotopic (exact) mass is 435 g/mol. The number of ether oxygens (including phenoxy) is 2. The minimum atomic E-state index is -1.11. The van der Waals surface area contributed by atoms with E-state index in [0.717, 1.165) is 0 Å². The van der Waals surface area contributed by atoms with Gasteiger partial charge in [0.05, 0.1) is 25.6 Å². The van der Waals surface area contributed by atoms with E-state index in [-0.39, 0.29) is 38.1 Å². The Morgan fingerprint density at radius 1 is 0.931 bits per heavy atom. The highest BCUT2D eigenvalue weighted by Gasteiger charge is 2.19. The summed E-state index contributed by atoms with van der Waals surface area (Å²) in [5.74, 6) is -1.32. The normalized spacial score (nSPS) is 11.5. The summed E-state index contributed by atoms with van der Waals surface area (Å²) >= 11 is 1.43. The topological polar surface area (TPSA) is 143 Å². The van der Waals surface area contributed by atoms with Crippen molar-refractivity contribution < 1.29 is 33.8 Å². The van der Waals surface area contributed by atoms with E-state index < -0.39 is 17.9 Å². The maximum absolute atomic E-state index is 11.8. The second kappa shape index (κ2) is 18.2. The van der Waals surface area contributed by atoms with Crippen LogP contribution < -0.4 is 16.0 Å². The molecule has 0 bridgehead atoms. The van der Waals surface area contributed by atoms with Crippen molar-refractivity contribution in [2.24, 2.45) is 0 Å². The third-order valence-corrected chi connectivity index (χ3v) is 4.20. The van der Waals surface area contributed by atoms with Gasteiger partial charge in [-0.3, -0.25) is 14.4 Å². The largest absolute Gasteiger partial charge is 0.480 e. The fourth-order valence-corrected chi connectivity index (χ4v) is 2.51. The third-order valence-electron chi connectivity index (χ3n) is 3.65. The van der Waals surface area contributed by atoms with Crippen molar-refractivity contribution in [3.05, 3.63) is 0 Å². The van der Waals surface area contributed by atoms with Crippen LogP contribution >= 0.6 is 11.8 Å². The van der Waals surface area contributed by atoms with Gasteiger partial charge in [0.2, 0.25) is 17.7 Å². The molecule has 0 radical (unpaired) electrons. The fourth-order valence-electron chi connectivity index (χ4n) is 2.15. The number of hydrogen-bond acceptors (Lipinski definition) is 7. The van der Waals surface area contributed by atoms with E-state index in [2.05, 4.69) is 16.0 Å². The van der Waals surface area contributed by atoms with Gasteiger partial charge < -0.3 is 30.5 Å². The molecule has 0 aromatic rings. The van der Waals surface area contributed by atoms with Gasteiger partial charge in [-0.25, -0.2) is 4.79 Å². The molecule has 0 rings (SSSR count). The molecule has 3 amide bonds. The van der Waals surface area contributed by atoms with Crippen LogP contribution in [-0.2, 0) is 28.7 Å². The lowest BCUT2D eigenvalue weighted by Crippen LogP contribution is -2.42. The van der Waals surface area contributed by atoms with E-state index in [1.165, 1.54) is 11.8 Å². The van der Waals surface area contributed by atoms with Crippen LogP contribution in [0, 0.1) is 0 Å². The highest BCUT2D eigenvalue weighted by molar-refractivity contribution is 7.99. The molecule has 0 spiro atoms. The first-order valence-electron chi connectivity index (χ1n) is 9.60. The van der Waals surface area contributed by atoms with Crippen LogP contribution in [0.4, 0.5) is 0 Å². The quantitative estimate of drug-likeness (QED) is 0.216. The van der Waals surface area contributed by atoms with E-state index >= 15 is 0 Å². The molecule has 0 aliphatic carbocycles. The Hall–Kier alpha value is -1.85. The Kier molecular flexibility index (Phi) is 17.0. The first kappa shape index (κ1) is 27.1. The molecule has 1 unspecified atom stereocenters. The molecule has 0 heterocycles. The highest BCUT2D eigenvalue weighted by atomic mass is 32.2. The van der Waals surface area contributed by atoms with Crippen LogP contribution in [0.15, 0.2) is 0 Å². The number of rotatable bonds is 18. The highest BCUT2D eigenvalue weighted by Crippen LogP contribution is 2.01. The molecule has 0 saturated heterocycles. The third kappa shape index (κ3) is 16.8. The van der Waals surface area contributed by atoms with Crippen LogP contribution in [0.2, 0.25) is 0 Å². The van der Waals surface area contributed by atoms with Gasteiger partial charge in [-0.05, 0) is 25.5 Å². The summed E-state index contributed by atoms with van der Waals surface area (Å²) in [4.78, 5) is 45.4. The van der Waals surface area contributed by atoms with Gasteiger partial charge in [-0.15, -0.1) is 0 Å². The predicted molar refractivity (Wildman–Crippen MR) is 110 cm³/mol. The van der Waals surface area contributed by atoms with E-state index in [4.69, 9.17) is 9.47 Å². The van der Waals surface area contributed by atoms with Crippen LogP contribution in [0.25, 0.3) is 0 Å². The minimum Gasteiger partial charge on any atom is -0.480 e. The van der Waals surface area contributed by atoms with Crippen molar-refractivity contribution in [2.75, 3.05) is 51.5 Å². The lowest BCUT2D eigenvalue weighted by Gasteiger charge is -2.14. The van der Waals surface area contributed by atoms with Crippen LogP contribution in [0.1, 0.15) is 32.6 Å². The molecule has 29 heavy (non-hydrogen) atoms. The molecule has 0 aromatic heterocycles. The molecule has 11 heteroatoms. The van der Waals surface area contributed by atoms with Gasteiger partial charge in [-0.2, -0.15) is 11.8 Å². The van der Waals surface area contributed by atoms with Crippen molar-refractivity contribution in [1.82, 2.24) is 16.0 Å². The van der Waals surface area contributed by atoms with Crippen molar-refractivity contribution in [3.8, 4) is 0 Å². The SMILES string of the molecule is CCC(=O)NCCOCCOCC(=O)NC(CCCCNC(=O)CSC)C(=O)O. The average Bonchev–Trinajstić information content (AvgIpc) is 2.68. The van der Waals surface area contributed by atoms with Crippen LogP contribution in [0.3, 0.4) is 0 Å². The van der Waals surface area contributed by atoms with Crippen molar-refractivity contribution in [1.29, 1.82) is 0 Å². The molecule has 168 valence electrons. The first-order valence-corrected chi connectivity index (χ1v) is 11.0. The minimum absolute atomic E-state index is 0.0464. The van der Waals surface area contributed by atoms with Crippen LogP contribution in [0.5, 0.6) is 0 Å². The number of carbonyl (C=O) groups excluding carboxylic acids is 3. The summed E-state index contributed by atoms with van der Waals surface area (Å²) in [6.45, 7) is 3.18. The van der Waals surface area contributed by atoms with E-state index in [9.17, 15) is 24.3 Å². The van der Waals surface area contributed by atoms with Gasteiger partial charge in [0.1, 0.15) is 12.6 Å². The van der Waals surface area contributed by atoms with Crippen LogP contribution in [-0.4, -0.2) is 86.4 Å². The number of carboxylic acids is 1. The Morgan fingerprint density at radius 2 is 1.62 bits per heavy atom. The second-order valence-electron chi connectivity index (χ2n) is 6.11. The van der Waals surface area contributed by atoms with Crippen molar-refractivity contribution in [2.45, 2.75) is 38.6 Å². The Balaban J connectivity index is 3.78. The summed E-state index contributed by atoms with van der Waals surface area (Å²) in [5.41, 5.74) is 0. The number of hydrogen-bond donors (Lipinski definition) is 4. The van der Waals surface area contributed by atoms with Crippen molar-refractivity contribution >= 4 is 35.5 Å². The van der Waals surface area contributed by atoms with Gasteiger partial charge in [0.15, 0.2) is 0 Å². The summed E-state index contributed by atoms with van der Waals surface area (Å²) in [7, 11) is 0. The predicted octanol–water partition coefficient (Wildman–Crippen LogP) is -0.235. The number of amides is 3. The average molecular weight is 436 g/mol. The molecular weight excluding hydrogens is 402 g/mol. The van der Waals surface area contributed by atoms with E-state index in [0.29, 0.717) is 44.7 Å². The molecule has 0 aliphatic heterocycles. The van der Waals surface area contributed by atoms with Gasteiger partial charge >= 0.3 is 5.97 Å². The number of thioether (sulfide) groups is 1. The number of carbonyl (C=O) groups is 4. The molecule has 4 N–H and O–H groups in total. The Labute approximate surface area is 175 Å². The number of unbranched alkanes of at least 4 members (excludes halogenated alkanes) is 1. The Morgan fingerprint density at radius 3 is 2.28 bits per heavy atom. The number of carboxylic acid groups (broad SMARTS) is 1. The first-order chi connectivity index (χ1) is 13.9. The maximum Gasteiger partial charge on any atom is 0.326 e. The zero-order valence-electron chi connectivity index (χ0n) is 17.2. The molecule has 0 saturated carbocycles. The second-order valence-corrected chi connectivity index (χ2v) is 6.97. The van der Waals surface area contributed by atoms with Gasteiger partial charge in [-0.1, -0.05) is 6.92 Å². The lowest BCUT2D eigenvalue weighted by atomic mass is 10.1. The zero-order valence-corrected chi connectivity index (χ0v) is 18.0. The summed E-state index contributed by atoms with van der Waals surface area (Å²) in [6, 6.07) is -0.994. The van der Waals surface area contributed by atoms with Crippen molar-refractivity contribution in [3.63, 3.8) is 0 Å². The molecule has 0 fully saturated rings. The smallest absolute Gasteiger partial charge is 0.326 e. The van der Waals surface area contributed by atoms with Gasteiger partial charge in [0, 0.05) is 19.5 Å². The molecular formula is C18H33N3O7S. The maximum atomic E-state index is 11.8. The summed E-state index contributed by atoms with van der Waals surface area (Å²) in [5, 5.41) is 17.0. The fraction of sp³-hybridized carbons (Fsp3) is 0.778. The standard InChI is InChI=1S/C18H33N3O7S/c1-3-15(22)20-8-9-27-10-11-28-12-16(23)21-14(18(25)26)6-4-5-7-19-17(24)13-29-2/h14H,3-13H2,1-2H3,(H,19,24)(H,20,22)(H,21,23)(H,25,26). The molecule has 10 nitrogen and oxygen atoms in total.